The van der Waals surface area contributed by atoms with Crippen LogP contribution in [0.5, 0.6) is 0 Å². The number of urea groups is 1. The van der Waals surface area contributed by atoms with E-state index in [1.807, 2.05) is 4.90 Å². The summed E-state index contributed by atoms with van der Waals surface area (Å²) < 4.78 is 32.7. The molecule has 2 fully saturated rings. The van der Waals surface area contributed by atoms with Gasteiger partial charge in [0.1, 0.15) is 0 Å². The number of likely N-dealkylation sites (tertiary alicyclic amines) is 1. The molecular formula is C17H21F2N3O4. The molecule has 2 aliphatic rings. The van der Waals surface area contributed by atoms with Gasteiger partial charge in [0.15, 0.2) is 11.6 Å². The van der Waals surface area contributed by atoms with Crippen LogP contribution in [0.25, 0.3) is 0 Å². The molecule has 1 atom stereocenters. The van der Waals surface area contributed by atoms with Gasteiger partial charge in [-0.3, -0.25) is 4.79 Å². The van der Waals surface area contributed by atoms with Gasteiger partial charge < -0.3 is 25.0 Å². The Balaban J connectivity index is 1.79. The Labute approximate surface area is 149 Å². The first-order valence-corrected chi connectivity index (χ1v) is 8.41. The van der Waals surface area contributed by atoms with Gasteiger partial charge in [-0.05, 0) is 13.3 Å². The molecule has 3 rings (SSSR count). The van der Waals surface area contributed by atoms with Gasteiger partial charge in [-0.2, -0.15) is 0 Å². The highest BCUT2D eigenvalue weighted by atomic mass is 19.2. The topological polar surface area (TPSA) is 82.1 Å². The van der Waals surface area contributed by atoms with Gasteiger partial charge in [-0.25, -0.2) is 13.6 Å². The number of morpholine rings is 1. The third kappa shape index (κ3) is 3.57. The van der Waals surface area contributed by atoms with Crippen molar-refractivity contribution in [2.75, 3.05) is 49.6 Å². The zero-order valence-electron chi connectivity index (χ0n) is 14.4. The highest BCUT2D eigenvalue weighted by molar-refractivity contribution is 5.94. The number of ether oxygens (including phenoxy) is 1. The zero-order valence-corrected chi connectivity index (χ0v) is 14.4. The molecule has 0 bridgehead atoms. The number of aliphatic carboxylic acids is 1. The van der Waals surface area contributed by atoms with Crippen LogP contribution in [0.2, 0.25) is 0 Å². The molecule has 1 unspecified atom stereocenters. The van der Waals surface area contributed by atoms with Crippen molar-refractivity contribution in [3.8, 4) is 0 Å². The number of nitrogens with zero attached hydrogens (tertiary/aromatic N) is 2. The molecule has 0 saturated carbocycles. The number of hydrogen-bond donors (Lipinski definition) is 2. The Bertz CT molecular complexity index is 724. The lowest BCUT2D eigenvalue weighted by Crippen LogP contribution is -2.39. The molecule has 2 heterocycles. The second-order valence-electron chi connectivity index (χ2n) is 6.85. The number of carboxylic acid groups (broad SMARTS) is 1. The van der Waals surface area contributed by atoms with Gasteiger partial charge in [0.05, 0.1) is 30.0 Å². The van der Waals surface area contributed by atoms with Crippen LogP contribution in [-0.2, 0) is 9.53 Å². The number of halogens is 2. The van der Waals surface area contributed by atoms with Crippen molar-refractivity contribution in [1.29, 1.82) is 0 Å². The van der Waals surface area contributed by atoms with E-state index in [9.17, 15) is 23.5 Å². The predicted molar refractivity (Wildman–Crippen MR) is 90.3 cm³/mol. The fourth-order valence-electron chi connectivity index (χ4n) is 3.21. The average molecular weight is 369 g/mol. The van der Waals surface area contributed by atoms with Crippen LogP contribution in [0, 0.1) is 17.0 Å². The van der Waals surface area contributed by atoms with Crippen molar-refractivity contribution in [2.45, 2.75) is 13.3 Å². The number of benzene rings is 1. The number of rotatable bonds is 3. The highest BCUT2D eigenvalue weighted by Gasteiger charge is 2.42. The zero-order chi connectivity index (χ0) is 18.9. The maximum Gasteiger partial charge on any atom is 0.321 e. The first kappa shape index (κ1) is 18.4. The Morgan fingerprint density at radius 3 is 2.46 bits per heavy atom. The van der Waals surface area contributed by atoms with Crippen LogP contribution in [0.4, 0.5) is 25.0 Å². The van der Waals surface area contributed by atoms with E-state index in [1.165, 1.54) is 4.90 Å². The largest absolute Gasteiger partial charge is 0.481 e. The van der Waals surface area contributed by atoms with Gasteiger partial charge in [-0.1, -0.05) is 0 Å². The third-order valence-electron chi connectivity index (χ3n) is 4.91. The SMILES string of the molecule is CC1(C(=O)O)CCN(C(=O)Nc2cc(F)c(F)cc2N2CCOCC2)C1. The minimum Gasteiger partial charge on any atom is -0.481 e. The average Bonchev–Trinajstić information content (AvgIpc) is 3.03. The highest BCUT2D eigenvalue weighted by Crippen LogP contribution is 2.33. The molecule has 2 saturated heterocycles. The number of carbonyl (C=O) groups is 2. The van der Waals surface area contributed by atoms with Crippen LogP contribution >= 0.6 is 0 Å². The Morgan fingerprint density at radius 2 is 1.85 bits per heavy atom. The van der Waals surface area contributed by atoms with Crippen LogP contribution < -0.4 is 10.2 Å². The van der Waals surface area contributed by atoms with Crippen molar-refractivity contribution in [1.82, 2.24) is 4.90 Å². The van der Waals surface area contributed by atoms with Gasteiger partial charge in [0.25, 0.3) is 0 Å². The van der Waals surface area contributed by atoms with Gasteiger partial charge in [-0.15, -0.1) is 0 Å². The van der Waals surface area contributed by atoms with Crippen LogP contribution in [0.1, 0.15) is 13.3 Å². The second-order valence-corrected chi connectivity index (χ2v) is 6.85. The van der Waals surface area contributed by atoms with E-state index in [2.05, 4.69) is 5.32 Å². The molecule has 2 N–H and O–H groups in total. The fourth-order valence-corrected chi connectivity index (χ4v) is 3.21. The fraction of sp³-hybridized carbons (Fsp3) is 0.529. The van der Waals surface area contributed by atoms with E-state index in [0.717, 1.165) is 12.1 Å². The summed E-state index contributed by atoms with van der Waals surface area (Å²) in [7, 11) is 0. The molecule has 2 amide bonds. The number of hydrogen-bond acceptors (Lipinski definition) is 4. The second kappa shape index (κ2) is 7.06. The summed E-state index contributed by atoms with van der Waals surface area (Å²) in [6.07, 6.45) is 0.337. The van der Waals surface area contributed by atoms with E-state index < -0.39 is 29.0 Å². The molecule has 0 spiro atoms. The molecule has 2 aliphatic heterocycles. The monoisotopic (exact) mass is 369 g/mol. The molecule has 0 aromatic heterocycles. The number of carboxylic acids is 1. The number of carbonyl (C=O) groups excluding carboxylic acids is 1. The van der Waals surface area contributed by atoms with Crippen LogP contribution in [0.15, 0.2) is 12.1 Å². The molecule has 1 aromatic carbocycles. The maximum atomic E-state index is 13.7. The maximum absolute atomic E-state index is 13.7. The van der Waals surface area contributed by atoms with Gasteiger partial charge in [0, 0.05) is 38.3 Å². The molecule has 0 radical (unpaired) electrons. The predicted octanol–water partition coefficient (Wildman–Crippen LogP) is 2.13. The van der Waals surface area contributed by atoms with Crippen LogP contribution in [-0.4, -0.2) is 61.4 Å². The summed E-state index contributed by atoms with van der Waals surface area (Å²) >= 11 is 0. The van der Waals surface area contributed by atoms with Crippen LogP contribution in [0.3, 0.4) is 0 Å². The molecular weight excluding hydrogens is 348 g/mol. The van der Waals surface area contributed by atoms with E-state index in [0.29, 0.717) is 38.4 Å². The number of anilines is 2. The quantitative estimate of drug-likeness (QED) is 0.853. The first-order chi connectivity index (χ1) is 12.3. The molecule has 142 valence electrons. The molecule has 7 nitrogen and oxygen atoms in total. The summed E-state index contributed by atoms with van der Waals surface area (Å²) in [5, 5.41) is 11.9. The van der Waals surface area contributed by atoms with E-state index >= 15 is 0 Å². The Kier molecular flexibility index (Phi) is 4.99. The van der Waals surface area contributed by atoms with Crippen molar-refractivity contribution < 1.29 is 28.2 Å². The van der Waals surface area contributed by atoms with Gasteiger partial charge in [0.2, 0.25) is 0 Å². The lowest BCUT2D eigenvalue weighted by atomic mass is 9.90. The standard InChI is InChI=1S/C17H21F2N3O4/c1-17(15(23)24)2-3-22(10-17)16(25)20-13-8-11(18)12(19)9-14(13)21-4-6-26-7-5-21/h8-9H,2-7,10H2,1H3,(H,20,25)(H,23,24). The lowest BCUT2D eigenvalue weighted by Gasteiger charge is -2.31. The Hall–Kier alpha value is -2.42. The van der Waals surface area contributed by atoms with Crippen molar-refractivity contribution >= 4 is 23.4 Å². The van der Waals surface area contributed by atoms with E-state index in [-0.39, 0.29) is 18.8 Å². The normalized spacial score (nSPS) is 23.2. The van der Waals surface area contributed by atoms with E-state index in [1.54, 1.807) is 6.92 Å². The summed E-state index contributed by atoms with van der Waals surface area (Å²) in [6.45, 7) is 3.82. The van der Waals surface area contributed by atoms with Crippen molar-refractivity contribution in [3.05, 3.63) is 23.8 Å². The molecule has 0 aliphatic carbocycles. The van der Waals surface area contributed by atoms with Crippen molar-refractivity contribution in [3.63, 3.8) is 0 Å². The lowest BCUT2D eigenvalue weighted by molar-refractivity contribution is -0.146. The molecule has 9 heteroatoms. The molecule has 1 aromatic rings. The Morgan fingerprint density at radius 1 is 1.19 bits per heavy atom. The minimum absolute atomic E-state index is 0.0602. The summed E-state index contributed by atoms with van der Waals surface area (Å²) in [5.74, 6) is -3.02. The smallest absolute Gasteiger partial charge is 0.321 e. The van der Waals surface area contributed by atoms with Gasteiger partial charge >= 0.3 is 12.0 Å². The minimum atomic E-state index is -1.06. The summed E-state index contributed by atoms with van der Waals surface area (Å²) in [5.41, 5.74) is -0.473. The number of nitrogens with one attached hydrogen (secondary N) is 1. The van der Waals surface area contributed by atoms with E-state index in [4.69, 9.17) is 4.74 Å². The third-order valence-corrected chi connectivity index (χ3v) is 4.91. The summed E-state index contributed by atoms with van der Waals surface area (Å²) in [4.78, 5) is 27.0. The number of amides is 2. The van der Waals surface area contributed by atoms with Crippen molar-refractivity contribution in [2.24, 2.45) is 5.41 Å². The molecule has 26 heavy (non-hydrogen) atoms. The first-order valence-electron chi connectivity index (χ1n) is 8.41. The summed E-state index contributed by atoms with van der Waals surface area (Å²) in [6, 6.07) is 1.47.